The maximum atomic E-state index is 13.5. The second kappa shape index (κ2) is 6.74. The molecule has 0 spiro atoms. The van der Waals surface area contributed by atoms with E-state index in [0.717, 1.165) is 13.2 Å². The van der Waals surface area contributed by atoms with Crippen LogP contribution >= 0.6 is 11.6 Å². The second-order valence-corrected chi connectivity index (χ2v) is 5.20. The molecular weight excluding hydrogens is 315 g/mol. The van der Waals surface area contributed by atoms with Crippen LogP contribution in [0.25, 0.3) is 0 Å². The highest BCUT2D eigenvalue weighted by molar-refractivity contribution is 6.30. The van der Waals surface area contributed by atoms with Crippen LogP contribution in [-0.4, -0.2) is 30.9 Å². The molecule has 2 amide bonds. The second-order valence-electron chi connectivity index (χ2n) is 4.80. The van der Waals surface area contributed by atoms with Crippen LogP contribution in [0.2, 0.25) is 5.02 Å². The molecule has 2 rings (SSSR count). The van der Waals surface area contributed by atoms with E-state index in [4.69, 9.17) is 11.6 Å². The lowest BCUT2D eigenvalue weighted by Gasteiger charge is -2.19. The molecule has 0 unspecified atom stereocenters. The van der Waals surface area contributed by atoms with E-state index in [9.17, 15) is 18.8 Å². The molecule has 1 aliphatic rings. The molecule has 0 aliphatic carbocycles. The van der Waals surface area contributed by atoms with Gasteiger partial charge in [0.25, 0.3) is 0 Å². The zero-order valence-corrected chi connectivity index (χ0v) is 12.4. The number of hydrogen-bond donors (Lipinski definition) is 2. The smallest absolute Gasteiger partial charge is 0.333 e. The van der Waals surface area contributed by atoms with E-state index in [1.54, 1.807) is 0 Å². The van der Waals surface area contributed by atoms with Gasteiger partial charge in [0.1, 0.15) is 11.9 Å². The van der Waals surface area contributed by atoms with Crippen LogP contribution in [0, 0.1) is 5.82 Å². The molecular formula is C14H14ClFN2O4. The molecule has 0 radical (unpaired) electrons. The number of nitrogens with one attached hydrogen (secondary N) is 2. The van der Waals surface area contributed by atoms with Gasteiger partial charge in [-0.25, -0.2) is 9.18 Å². The Morgan fingerprint density at radius 3 is 2.77 bits per heavy atom. The Morgan fingerprint density at radius 2 is 2.23 bits per heavy atom. The first-order chi connectivity index (χ1) is 10.4. The molecule has 0 aromatic heterocycles. The molecule has 0 bridgehead atoms. The average molecular weight is 329 g/mol. The third kappa shape index (κ3) is 3.54. The number of halogens is 2. The summed E-state index contributed by atoms with van der Waals surface area (Å²) in [5, 5.41) is 4.85. The van der Waals surface area contributed by atoms with E-state index in [1.165, 1.54) is 12.1 Å². The number of hydrogen-bond acceptors (Lipinski definition) is 4. The Morgan fingerprint density at radius 1 is 1.50 bits per heavy atom. The Kier molecular flexibility index (Phi) is 4.97. The van der Waals surface area contributed by atoms with Crippen LogP contribution in [-0.2, 0) is 19.1 Å². The van der Waals surface area contributed by atoms with Crippen molar-refractivity contribution < 1.29 is 23.5 Å². The van der Waals surface area contributed by atoms with E-state index >= 15 is 0 Å². The summed E-state index contributed by atoms with van der Waals surface area (Å²) in [7, 11) is 1.16. The minimum atomic E-state index is -1.18. The summed E-state index contributed by atoms with van der Waals surface area (Å²) in [6.45, 7) is 0. The predicted molar refractivity (Wildman–Crippen MR) is 75.5 cm³/mol. The highest BCUT2D eigenvalue weighted by Gasteiger charge is 2.31. The third-order valence-corrected chi connectivity index (χ3v) is 3.62. The Bertz CT molecular complexity index is 623. The zero-order valence-electron chi connectivity index (χ0n) is 11.7. The molecule has 6 nitrogen and oxygen atoms in total. The summed E-state index contributed by atoms with van der Waals surface area (Å²) in [5.41, 5.74) is 0.200. The molecule has 1 fully saturated rings. The fourth-order valence-electron chi connectivity index (χ4n) is 2.14. The van der Waals surface area contributed by atoms with Gasteiger partial charge in [-0.1, -0.05) is 17.7 Å². The van der Waals surface area contributed by atoms with Gasteiger partial charge < -0.3 is 15.4 Å². The SMILES string of the molecule is COC(=O)[C@H](NC(=O)[C@H]1CCC(=O)N1)c1ccc(Cl)c(F)c1. The fourth-order valence-corrected chi connectivity index (χ4v) is 2.26. The number of ether oxygens (including phenoxy) is 1. The van der Waals surface area contributed by atoms with Gasteiger partial charge in [-0.15, -0.1) is 0 Å². The Balaban J connectivity index is 2.19. The van der Waals surface area contributed by atoms with E-state index in [2.05, 4.69) is 15.4 Å². The Hall–Kier alpha value is -2.15. The number of methoxy groups -OCH3 is 1. The van der Waals surface area contributed by atoms with Crippen molar-refractivity contribution in [3.8, 4) is 0 Å². The van der Waals surface area contributed by atoms with Gasteiger partial charge in [0.2, 0.25) is 11.8 Å². The molecule has 0 saturated carbocycles. The monoisotopic (exact) mass is 328 g/mol. The lowest BCUT2D eigenvalue weighted by Crippen LogP contribution is -2.45. The molecule has 2 atom stereocenters. The molecule has 1 heterocycles. The van der Waals surface area contributed by atoms with Crippen LogP contribution < -0.4 is 10.6 Å². The van der Waals surface area contributed by atoms with Crippen LogP contribution in [0.3, 0.4) is 0 Å². The number of carbonyl (C=O) groups is 3. The summed E-state index contributed by atoms with van der Waals surface area (Å²) in [6, 6.07) is 1.86. The van der Waals surface area contributed by atoms with Crippen molar-refractivity contribution in [2.75, 3.05) is 7.11 Å². The van der Waals surface area contributed by atoms with Gasteiger partial charge in [0.15, 0.2) is 6.04 Å². The van der Waals surface area contributed by atoms with Crippen molar-refractivity contribution >= 4 is 29.4 Å². The van der Waals surface area contributed by atoms with Gasteiger partial charge >= 0.3 is 5.97 Å². The summed E-state index contributed by atoms with van der Waals surface area (Å²) in [6.07, 6.45) is 0.587. The lowest BCUT2D eigenvalue weighted by molar-refractivity contribution is -0.145. The van der Waals surface area contributed by atoms with E-state index in [1.807, 2.05) is 0 Å². The normalized spacial score (nSPS) is 18.5. The first-order valence-electron chi connectivity index (χ1n) is 6.55. The molecule has 8 heteroatoms. The first-order valence-corrected chi connectivity index (χ1v) is 6.92. The predicted octanol–water partition coefficient (Wildman–Crippen LogP) is 1.09. The van der Waals surface area contributed by atoms with E-state index in [0.29, 0.717) is 6.42 Å². The van der Waals surface area contributed by atoms with Gasteiger partial charge in [0.05, 0.1) is 12.1 Å². The van der Waals surface area contributed by atoms with E-state index < -0.39 is 29.8 Å². The summed E-state index contributed by atoms with van der Waals surface area (Å²) in [5.74, 6) is -2.22. The van der Waals surface area contributed by atoms with Crippen molar-refractivity contribution in [3.05, 3.63) is 34.6 Å². The van der Waals surface area contributed by atoms with Crippen molar-refractivity contribution in [1.82, 2.24) is 10.6 Å². The van der Waals surface area contributed by atoms with Crippen LogP contribution in [0.4, 0.5) is 4.39 Å². The maximum Gasteiger partial charge on any atom is 0.333 e. The lowest BCUT2D eigenvalue weighted by atomic mass is 10.1. The summed E-state index contributed by atoms with van der Waals surface area (Å²) >= 11 is 5.60. The van der Waals surface area contributed by atoms with Crippen molar-refractivity contribution in [1.29, 1.82) is 0 Å². The largest absolute Gasteiger partial charge is 0.467 e. The first kappa shape index (κ1) is 16.2. The average Bonchev–Trinajstić information content (AvgIpc) is 2.93. The van der Waals surface area contributed by atoms with E-state index in [-0.39, 0.29) is 22.9 Å². The highest BCUT2D eigenvalue weighted by atomic mass is 35.5. The molecule has 1 saturated heterocycles. The van der Waals surface area contributed by atoms with Crippen molar-refractivity contribution in [3.63, 3.8) is 0 Å². The number of benzene rings is 1. The summed E-state index contributed by atoms with van der Waals surface area (Å²) < 4.78 is 18.2. The molecule has 2 N–H and O–H groups in total. The zero-order chi connectivity index (χ0) is 16.3. The minimum Gasteiger partial charge on any atom is -0.467 e. The van der Waals surface area contributed by atoms with Crippen molar-refractivity contribution in [2.24, 2.45) is 0 Å². The van der Waals surface area contributed by atoms with Gasteiger partial charge in [-0.3, -0.25) is 9.59 Å². The number of amides is 2. The molecule has 118 valence electrons. The fraction of sp³-hybridized carbons (Fsp3) is 0.357. The van der Waals surface area contributed by atoms with Gasteiger partial charge in [-0.2, -0.15) is 0 Å². The van der Waals surface area contributed by atoms with Gasteiger partial charge in [0, 0.05) is 6.42 Å². The maximum absolute atomic E-state index is 13.5. The quantitative estimate of drug-likeness (QED) is 0.810. The highest BCUT2D eigenvalue weighted by Crippen LogP contribution is 2.22. The van der Waals surface area contributed by atoms with Gasteiger partial charge in [-0.05, 0) is 24.1 Å². The Labute approximate surface area is 131 Å². The molecule has 1 aromatic carbocycles. The van der Waals surface area contributed by atoms with Crippen molar-refractivity contribution in [2.45, 2.75) is 24.9 Å². The molecule has 22 heavy (non-hydrogen) atoms. The van der Waals surface area contributed by atoms with Crippen LogP contribution in [0.15, 0.2) is 18.2 Å². The minimum absolute atomic E-state index is 0.0956. The van der Waals surface area contributed by atoms with Crippen LogP contribution in [0.5, 0.6) is 0 Å². The molecule has 1 aliphatic heterocycles. The third-order valence-electron chi connectivity index (χ3n) is 3.31. The summed E-state index contributed by atoms with van der Waals surface area (Å²) in [4.78, 5) is 35.1. The number of carbonyl (C=O) groups excluding carboxylic acids is 3. The number of esters is 1. The van der Waals surface area contributed by atoms with Crippen LogP contribution in [0.1, 0.15) is 24.4 Å². The molecule has 1 aromatic rings. The topological polar surface area (TPSA) is 84.5 Å². The number of rotatable bonds is 4. The standard InChI is InChI=1S/C14H14ClFN2O4/c1-22-14(21)12(7-2-3-8(15)9(16)6-7)18-13(20)10-4-5-11(19)17-10/h2-3,6,10,12H,4-5H2,1H3,(H,17,19)(H,18,20)/t10-,12-/m1/s1.